The molecule has 124 valence electrons. The normalized spacial score (nSPS) is 21.5. The van der Waals surface area contributed by atoms with Gasteiger partial charge in [0.1, 0.15) is 11.6 Å². The number of ether oxygens (including phenoxy) is 1. The van der Waals surface area contributed by atoms with Crippen molar-refractivity contribution in [1.82, 2.24) is 5.32 Å². The largest absolute Gasteiger partial charge is 0.385 e. The van der Waals surface area contributed by atoms with Gasteiger partial charge in [-0.2, -0.15) is 0 Å². The summed E-state index contributed by atoms with van der Waals surface area (Å²) in [7, 11) is 1.63. The molecule has 1 aliphatic rings. The summed E-state index contributed by atoms with van der Waals surface area (Å²) in [5.74, 6) is -1.17. The molecule has 0 saturated carbocycles. The minimum absolute atomic E-state index is 0.0821. The molecule has 0 spiro atoms. The predicted molar refractivity (Wildman–Crippen MR) is 81.6 cm³/mol. The van der Waals surface area contributed by atoms with Gasteiger partial charge in [0.25, 0.3) is 0 Å². The molecule has 22 heavy (non-hydrogen) atoms. The van der Waals surface area contributed by atoms with Gasteiger partial charge in [0.05, 0.1) is 5.60 Å². The molecule has 1 fully saturated rings. The molecule has 1 aliphatic heterocycles. The zero-order valence-corrected chi connectivity index (χ0v) is 13.1. The van der Waals surface area contributed by atoms with Crippen molar-refractivity contribution in [2.75, 3.05) is 26.8 Å². The Morgan fingerprint density at radius 2 is 2.18 bits per heavy atom. The first-order chi connectivity index (χ1) is 10.6. The number of unbranched alkanes of at least 4 members (excludes halogenated alkanes) is 1. The lowest BCUT2D eigenvalue weighted by Crippen LogP contribution is -2.45. The van der Waals surface area contributed by atoms with Gasteiger partial charge in [0.15, 0.2) is 0 Å². The van der Waals surface area contributed by atoms with Gasteiger partial charge in [-0.05, 0) is 56.8 Å². The molecular weight excluding hydrogens is 288 g/mol. The van der Waals surface area contributed by atoms with Crippen LogP contribution in [-0.4, -0.2) is 31.9 Å². The van der Waals surface area contributed by atoms with E-state index in [1.54, 1.807) is 7.11 Å². The number of rotatable bonds is 7. The van der Waals surface area contributed by atoms with Gasteiger partial charge in [-0.15, -0.1) is 0 Å². The van der Waals surface area contributed by atoms with E-state index in [-0.39, 0.29) is 11.5 Å². The smallest absolute Gasteiger partial charge is 0.129 e. The first kappa shape index (κ1) is 17.3. The van der Waals surface area contributed by atoms with Gasteiger partial charge < -0.3 is 15.2 Å². The highest BCUT2D eigenvalue weighted by Gasteiger charge is 2.40. The standard InChI is InChI=1S/C17H25F2NO2/c1-22-10-3-2-8-17(21,13-5-4-9-20-12-13)15-11-14(18)6-7-16(15)19/h6-7,11,13,20-21H,2-5,8-10,12H2,1H3/t13-,17+/m1/s1. The van der Waals surface area contributed by atoms with Crippen molar-refractivity contribution in [2.24, 2.45) is 5.92 Å². The van der Waals surface area contributed by atoms with Crippen LogP contribution in [0.25, 0.3) is 0 Å². The van der Waals surface area contributed by atoms with E-state index in [4.69, 9.17) is 4.74 Å². The highest BCUT2D eigenvalue weighted by Crippen LogP contribution is 2.39. The number of hydrogen-bond donors (Lipinski definition) is 2. The third-order valence-electron chi connectivity index (χ3n) is 4.52. The lowest BCUT2D eigenvalue weighted by Gasteiger charge is -2.39. The Labute approximate surface area is 130 Å². The zero-order valence-electron chi connectivity index (χ0n) is 13.1. The molecule has 0 aromatic heterocycles. The maximum atomic E-state index is 14.2. The van der Waals surface area contributed by atoms with Crippen LogP contribution < -0.4 is 5.32 Å². The summed E-state index contributed by atoms with van der Waals surface area (Å²) in [6.07, 6.45) is 3.64. The lowest BCUT2D eigenvalue weighted by atomic mass is 9.74. The van der Waals surface area contributed by atoms with E-state index >= 15 is 0 Å². The second kappa shape index (κ2) is 7.99. The third-order valence-corrected chi connectivity index (χ3v) is 4.52. The molecule has 1 aromatic carbocycles. The van der Waals surface area contributed by atoms with E-state index in [0.717, 1.165) is 44.0 Å². The van der Waals surface area contributed by atoms with Crippen LogP contribution in [-0.2, 0) is 10.3 Å². The Bertz CT molecular complexity index is 478. The fourth-order valence-electron chi connectivity index (χ4n) is 3.29. The van der Waals surface area contributed by atoms with Crippen LogP contribution in [0.4, 0.5) is 8.78 Å². The molecule has 0 unspecified atom stereocenters. The fraction of sp³-hybridized carbons (Fsp3) is 0.647. The van der Waals surface area contributed by atoms with E-state index in [9.17, 15) is 13.9 Å². The molecule has 0 radical (unpaired) electrons. The average molecular weight is 313 g/mol. The molecule has 1 saturated heterocycles. The Morgan fingerprint density at radius 1 is 1.36 bits per heavy atom. The van der Waals surface area contributed by atoms with Gasteiger partial charge in [-0.3, -0.25) is 0 Å². The summed E-state index contributed by atoms with van der Waals surface area (Å²) in [5.41, 5.74) is -1.26. The number of benzene rings is 1. The van der Waals surface area contributed by atoms with E-state index < -0.39 is 17.2 Å². The third kappa shape index (κ3) is 4.03. The van der Waals surface area contributed by atoms with Crippen molar-refractivity contribution in [3.05, 3.63) is 35.4 Å². The van der Waals surface area contributed by atoms with Crippen LogP contribution in [0.15, 0.2) is 18.2 Å². The van der Waals surface area contributed by atoms with E-state index in [2.05, 4.69) is 5.32 Å². The number of piperidine rings is 1. The molecule has 0 bridgehead atoms. The first-order valence-electron chi connectivity index (χ1n) is 7.95. The van der Waals surface area contributed by atoms with Gasteiger partial charge >= 0.3 is 0 Å². The van der Waals surface area contributed by atoms with E-state index in [1.807, 2.05) is 0 Å². The average Bonchev–Trinajstić information content (AvgIpc) is 2.54. The molecule has 1 heterocycles. The molecule has 3 nitrogen and oxygen atoms in total. The maximum absolute atomic E-state index is 14.2. The maximum Gasteiger partial charge on any atom is 0.129 e. The molecule has 2 N–H and O–H groups in total. The summed E-state index contributed by atoms with van der Waals surface area (Å²) in [4.78, 5) is 0. The molecule has 5 heteroatoms. The zero-order chi connectivity index (χ0) is 16.0. The summed E-state index contributed by atoms with van der Waals surface area (Å²) in [5, 5.41) is 14.5. The van der Waals surface area contributed by atoms with Crippen LogP contribution >= 0.6 is 0 Å². The Hall–Kier alpha value is -1.04. The van der Waals surface area contributed by atoms with Crippen LogP contribution in [0, 0.1) is 17.6 Å². The number of aliphatic hydroxyl groups is 1. The topological polar surface area (TPSA) is 41.5 Å². The van der Waals surface area contributed by atoms with Gasteiger partial charge in [0, 0.05) is 31.7 Å². The molecule has 2 atom stereocenters. The minimum atomic E-state index is -1.34. The number of halogens is 2. The quantitative estimate of drug-likeness (QED) is 0.761. The minimum Gasteiger partial charge on any atom is -0.385 e. The highest BCUT2D eigenvalue weighted by atomic mass is 19.1. The predicted octanol–water partition coefficient (Wildman–Crippen LogP) is 2.97. The van der Waals surface area contributed by atoms with Crippen molar-refractivity contribution in [3.63, 3.8) is 0 Å². The highest BCUT2D eigenvalue weighted by molar-refractivity contribution is 5.26. The second-order valence-corrected chi connectivity index (χ2v) is 6.04. The second-order valence-electron chi connectivity index (χ2n) is 6.04. The van der Waals surface area contributed by atoms with Crippen molar-refractivity contribution >= 4 is 0 Å². The SMILES string of the molecule is COCCCC[C@@](O)(c1cc(F)ccc1F)[C@@H]1CCCNC1. The monoisotopic (exact) mass is 313 g/mol. The van der Waals surface area contributed by atoms with E-state index in [0.29, 0.717) is 26.0 Å². The van der Waals surface area contributed by atoms with Gasteiger partial charge in [-0.1, -0.05) is 0 Å². The Balaban J connectivity index is 2.24. The lowest BCUT2D eigenvalue weighted by molar-refractivity contribution is -0.0463. The summed E-state index contributed by atoms with van der Waals surface area (Å²) < 4.78 is 32.8. The summed E-state index contributed by atoms with van der Waals surface area (Å²) in [6.45, 7) is 2.13. The fourth-order valence-corrected chi connectivity index (χ4v) is 3.29. The molecular formula is C17H25F2NO2. The molecule has 0 aliphatic carbocycles. The summed E-state index contributed by atoms with van der Waals surface area (Å²) >= 11 is 0. The van der Waals surface area contributed by atoms with Crippen LogP contribution in [0.5, 0.6) is 0 Å². The van der Waals surface area contributed by atoms with Crippen LogP contribution in [0.3, 0.4) is 0 Å². The van der Waals surface area contributed by atoms with Crippen molar-refractivity contribution < 1.29 is 18.6 Å². The Morgan fingerprint density at radius 3 is 2.86 bits per heavy atom. The van der Waals surface area contributed by atoms with Gasteiger partial charge in [-0.25, -0.2) is 8.78 Å². The van der Waals surface area contributed by atoms with Crippen molar-refractivity contribution in [3.8, 4) is 0 Å². The number of nitrogens with one attached hydrogen (secondary N) is 1. The molecule has 1 aromatic rings. The number of methoxy groups -OCH3 is 1. The van der Waals surface area contributed by atoms with Crippen LogP contribution in [0.1, 0.15) is 37.7 Å². The van der Waals surface area contributed by atoms with E-state index in [1.165, 1.54) is 0 Å². The summed E-state index contributed by atoms with van der Waals surface area (Å²) in [6, 6.07) is 3.32. The van der Waals surface area contributed by atoms with Crippen LogP contribution in [0.2, 0.25) is 0 Å². The van der Waals surface area contributed by atoms with Crippen molar-refractivity contribution in [2.45, 2.75) is 37.7 Å². The first-order valence-corrected chi connectivity index (χ1v) is 7.95. The van der Waals surface area contributed by atoms with Crippen molar-refractivity contribution in [1.29, 1.82) is 0 Å². The molecule has 0 amide bonds. The Kier molecular flexibility index (Phi) is 6.29. The number of hydrogen-bond acceptors (Lipinski definition) is 3. The van der Waals surface area contributed by atoms with Gasteiger partial charge in [0.2, 0.25) is 0 Å². The molecule has 2 rings (SSSR count).